The van der Waals surface area contributed by atoms with Gasteiger partial charge in [0.05, 0.1) is 17.1 Å². The average Bonchev–Trinajstić information content (AvgIpc) is 2.99. The Hall–Kier alpha value is -3.34. The van der Waals surface area contributed by atoms with Crippen molar-refractivity contribution in [2.45, 2.75) is 12.2 Å². The molecule has 1 fully saturated rings. The molecule has 0 radical (unpaired) electrons. The molecule has 3 aromatic rings. The third kappa shape index (κ3) is 2.91. The van der Waals surface area contributed by atoms with E-state index >= 15 is 0 Å². The zero-order chi connectivity index (χ0) is 19.2. The van der Waals surface area contributed by atoms with Gasteiger partial charge in [-0.2, -0.15) is 18.3 Å². The number of carbonyl (C=O) groups is 1. The van der Waals surface area contributed by atoms with Crippen molar-refractivity contribution in [1.29, 1.82) is 0 Å². The SMILES string of the molecule is C#CC(=O)N1CC(n2nc(-c3ccc(C(F)(F)F)cc3)c3ncccc32)C1. The summed E-state index contributed by atoms with van der Waals surface area (Å²) < 4.78 is 40.1. The fourth-order valence-corrected chi connectivity index (χ4v) is 3.13. The molecule has 1 aliphatic heterocycles. The minimum atomic E-state index is -4.39. The lowest BCUT2D eigenvalue weighted by Crippen LogP contribution is -2.50. The van der Waals surface area contributed by atoms with E-state index in [9.17, 15) is 18.0 Å². The maximum absolute atomic E-state index is 12.8. The average molecular weight is 370 g/mol. The summed E-state index contributed by atoms with van der Waals surface area (Å²) >= 11 is 0. The number of hydrogen-bond donors (Lipinski definition) is 0. The third-order valence-corrected chi connectivity index (χ3v) is 4.57. The lowest BCUT2D eigenvalue weighted by Gasteiger charge is -2.38. The van der Waals surface area contributed by atoms with E-state index in [1.165, 1.54) is 17.0 Å². The number of nitrogens with zero attached hydrogens (tertiary/aromatic N) is 4. The minimum absolute atomic E-state index is 0.0581. The molecule has 0 saturated carbocycles. The van der Waals surface area contributed by atoms with Crippen molar-refractivity contribution in [2.24, 2.45) is 0 Å². The van der Waals surface area contributed by atoms with E-state index in [4.69, 9.17) is 6.42 Å². The van der Waals surface area contributed by atoms with Crippen molar-refractivity contribution >= 4 is 16.9 Å². The number of carbonyl (C=O) groups excluding carboxylic acids is 1. The Morgan fingerprint density at radius 1 is 1.19 bits per heavy atom. The number of fused-ring (bicyclic) bond motifs is 1. The molecule has 1 saturated heterocycles. The fourth-order valence-electron chi connectivity index (χ4n) is 3.13. The lowest BCUT2D eigenvalue weighted by molar-refractivity contribution is -0.137. The summed E-state index contributed by atoms with van der Waals surface area (Å²) in [5.41, 5.74) is 1.68. The van der Waals surface area contributed by atoms with Crippen LogP contribution in [0.5, 0.6) is 0 Å². The molecule has 1 aromatic carbocycles. The molecule has 1 amide bonds. The standard InChI is InChI=1S/C19H13F3N4O/c1-2-16(27)25-10-14(11-25)26-15-4-3-9-23-18(15)17(24-26)12-5-7-13(8-6-12)19(20,21)22/h1,3-9,14H,10-11H2. The van der Waals surface area contributed by atoms with Gasteiger partial charge in [0.15, 0.2) is 0 Å². The van der Waals surface area contributed by atoms with Crippen LogP contribution in [0.1, 0.15) is 11.6 Å². The summed E-state index contributed by atoms with van der Waals surface area (Å²) in [7, 11) is 0. The Morgan fingerprint density at radius 3 is 2.52 bits per heavy atom. The topological polar surface area (TPSA) is 51.0 Å². The number of pyridine rings is 1. The largest absolute Gasteiger partial charge is 0.416 e. The van der Waals surface area contributed by atoms with Gasteiger partial charge < -0.3 is 4.90 Å². The van der Waals surface area contributed by atoms with Gasteiger partial charge in [0.2, 0.25) is 0 Å². The second-order valence-electron chi connectivity index (χ2n) is 6.25. The molecule has 0 N–H and O–H groups in total. The van der Waals surface area contributed by atoms with Crippen molar-refractivity contribution in [3.63, 3.8) is 0 Å². The predicted molar refractivity (Wildman–Crippen MR) is 92.4 cm³/mol. The second kappa shape index (κ2) is 6.13. The molecule has 0 bridgehead atoms. The van der Waals surface area contributed by atoms with Gasteiger partial charge >= 0.3 is 6.18 Å². The first-order chi connectivity index (χ1) is 12.9. The smallest absolute Gasteiger partial charge is 0.327 e. The van der Waals surface area contributed by atoms with Crippen molar-refractivity contribution in [1.82, 2.24) is 19.7 Å². The zero-order valence-corrected chi connectivity index (χ0v) is 13.9. The maximum atomic E-state index is 12.8. The van der Waals surface area contributed by atoms with Gasteiger partial charge in [0.1, 0.15) is 11.2 Å². The highest BCUT2D eigenvalue weighted by Crippen LogP contribution is 2.34. The molecule has 27 heavy (non-hydrogen) atoms. The van der Waals surface area contributed by atoms with Gasteiger partial charge in [-0.1, -0.05) is 12.1 Å². The van der Waals surface area contributed by atoms with E-state index < -0.39 is 11.7 Å². The van der Waals surface area contributed by atoms with Crippen LogP contribution < -0.4 is 0 Å². The molecule has 0 atom stereocenters. The predicted octanol–water partition coefficient (Wildman–Crippen LogP) is 3.13. The number of rotatable bonds is 2. The summed E-state index contributed by atoms with van der Waals surface area (Å²) in [6.45, 7) is 0.863. The molecule has 4 rings (SSSR count). The van der Waals surface area contributed by atoms with Crippen LogP contribution in [-0.4, -0.2) is 38.7 Å². The highest BCUT2D eigenvalue weighted by Gasteiger charge is 2.34. The normalized spacial score (nSPS) is 14.8. The molecule has 8 heteroatoms. The number of alkyl halides is 3. The number of hydrogen-bond acceptors (Lipinski definition) is 3. The Balaban J connectivity index is 1.71. The minimum Gasteiger partial charge on any atom is -0.327 e. The highest BCUT2D eigenvalue weighted by molar-refractivity contribution is 5.93. The number of halogens is 3. The Morgan fingerprint density at radius 2 is 1.89 bits per heavy atom. The van der Waals surface area contributed by atoms with Crippen LogP contribution in [0.3, 0.4) is 0 Å². The second-order valence-corrected chi connectivity index (χ2v) is 6.25. The monoisotopic (exact) mass is 370 g/mol. The Kier molecular flexibility index (Phi) is 3.88. The number of aromatic nitrogens is 3. The third-order valence-electron chi connectivity index (χ3n) is 4.57. The zero-order valence-electron chi connectivity index (χ0n) is 13.9. The molecule has 3 heterocycles. The summed E-state index contributed by atoms with van der Waals surface area (Å²) in [5.74, 6) is 1.71. The van der Waals surface area contributed by atoms with Crippen molar-refractivity contribution < 1.29 is 18.0 Å². The van der Waals surface area contributed by atoms with Crippen LogP contribution in [0.4, 0.5) is 13.2 Å². The first-order valence-electron chi connectivity index (χ1n) is 8.15. The van der Waals surface area contributed by atoms with Gasteiger partial charge in [-0.25, -0.2) is 0 Å². The van der Waals surface area contributed by atoms with Crippen LogP contribution in [0.2, 0.25) is 0 Å². The number of benzene rings is 1. The maximum Gasteiger partial charge on any atom is 0.416 e. The quantitative estimate of drug-likeness (QED) is 0.652. The molecule has 0 spiro atoms. The molecular formula is C19H13F3N4O. The Labute approximate surface area is 152 Å². The van der Waals surface area contributed by atoms with Crippen LogP contribution in [-0.2, 0) is 11.0 Å². The molecule has 2 aromatic heterocycles. The number of likely N-dealkylation sites (tertiary alicyclic amines) is 1. The summed E-state index contributed by atoms with van der Waals surface area (Å²) in [5, 5.41) is 4.58. The van der Waals surface area contributed by atoms with Crippen LogP contribution >= 0.6 is 0 Å². The van der Waals surface area contributed by atoms with Gasteiger partial charge in [0, 0.05) is 24.8 Å². The fraction of sp³-hybridized carbons (Fsp3) is 0.211. The Bertz CT molecular complexity index is 1060. The number of amides is 1. The van der Waals surface area contributed by atoms with Crippen LogP contribution in [0.25, 0.3) is 22.3 Å². The van der Waals surface area contributed by atoms with Crippen LogP contribution in [0, 0.1) is 12.3 Å². The summed E-state index contributed by atoms with van der Waals surface area (Å²) in [4.78, 5) is 17.4. The van der Waals surface area contributed by atoms with E-state index in [2.05, 4.69) is 16.0 Å². The van der Waals surface area contributed by atoms with E-state index in [1.54, 1.807) is 16.9 Å². The van der Waals surface area contributed by atoms with E-state index in [-0.39, 0.29) is 11.9 Å². The molecule has 0 unspecified atom stereocenters. The molecular weight excluding hydrogens is 357 g/mol. The first kappa shape index (κ1) is 17.1. The van der Waals surface area contributed by atoms with Gasteiger partial charge in [-0.05, 0) is 30.2 Å². The van der Waals surface area contributed by atoms with Gasteiger partial charge in [-0.15, -0.1) is 6.42 Å². The van der Waals surface area contributed by atoms with E-state index in [1.807, 2.05) is 6.07 Å². The van der Waals surface area contributed by atoms with Crippen molar-refractivity contribution in [3.8, 4) is 23.6 Å². The molecule has 136 valence electrons. The summed E-state index contributed by atoms with van der Waals surface area (Å²) in [6.07, 6.45) is 2.34. The van der Waals surface area contributed by atoms with Gasteiger partial charge in [0.25, 0.3) is 5.91 Å². The highest BCUT2D eigenvalue weighted by atomic mass is 19.4. The van der Waals surface area contributed by atoms with Crippen molar-refractivity contribution in [2.75, 3.05) is 13.1 Å². The van der Waals surface area contributed by atoms with E-state index in [0.717, 1.165) is 17.6 Å². The van der Waals surface area contributed by atoms with E-state index in [0.29, 0.717) is 29.9 Å². The molecule has 5 nitrogen and oxygen atoms in total. The first-order valence-corrected chi connectivity index (χ1v) is 8.15. The molecule has 1 aliphatic rings. The summed E-state index contributed by atoms with van der Waals surface area (Å²) in [6, 6.07) is 8.38. The van der Waals surface area contributed by atoms with Gasteiger partial charge in [-0.3, -0.25) is 14.5 Å². The van der Waals surface area contributed by atoms with Crippen molar-refractivity contribution in [3.05, 3.63) is 48.2 Å². The number of terminal acetylenes is 1. The lowest BCUT2D eigenvalue weighted by atomic mass is 10.1. The molecule has 0 aliphatic carbocycles. The van der Waals surface area contributed by atoms with Crippen LogP contribution in [0.15, 0.2) is 42.6 Å².